The Bertz CT molecular complexity index is 1250. The molecule has 9 nitrogen and oxygen atoms in total. The zero-order valence-electron chi connectivity index (χ0n) is 18.5. The number of fused-ring (bicyclic) bond motifs is 1. The Morgan fingerprint density at radius 1 is 1.26 bits per heavy atom. The summed E-state index contributed by atoms with van der Waals surface area (Å²) < 4.78 is 50.2. The molecule has 0 radical (unpaired) electrons. The number of hydrogen-bond acceptors (Lipinski definition) is 7. The standard InChI is InChI=1S/C23H21F3N4O5/c1-34-19-9-15(23(24,25)26)8-17(29-19)20-18(6-7-31)30(22(33)35-20)21(32)28-12-14-11-27-10-13-4-2-3-5-16(13)14/h2-5,8-11,18,20,31H,6-7,12H2,1H3,(H,28,32)/t18-,20+/m0/s1. The van der Waals surface area contributed by atoms with Crippen LogP contribution in [0.25, 0.3) is 10.8 Å². The number of rotatable bonds is 6. The summed E-state index contributed by atoms with van der Waals surface area (Å²) in [6.07, 6.45) is -3.99. The van der Waals surface area contributed by atoms with Crippen molar-refractivity contribution in [1.82, 2.24) is 20.2 Å². The maximum atomic E-state index is 13.4. The highest BCUT2D eigenvalue weighted by Crippen LogP contribution is 2.38. The lowest BCUT2D eigenvalue weighted by Gasteiger charge is -2.23. The van der Waals surface area contributed by atoms with E-state index in [9.17, 15) is 27.9 Å². The molecule has 4 rings (SSSR count). The van der Waals surface area contributed by atoms with Gasteiger partial charge in [-0.05, 0) is 23.4 Å². The van der Waals surface area contributed by atoms with Crippen LogP contribution in [0.5, 0.6) is 5.88 Å². The van der Waals surface area contributed by atoms with Crippen LogP contribution in [0.1, 0.15) is 29.3 Å². The van der Waals surface area contributed by atoms with Gasteiger partial charge in [-0.25, -0.2) is 19.5 Å². The van der Waals surface area contributed by atoms with E-state index in [0.717, 1.165) is 28.8 Å². The van der Waals surface area contributed by atoms with Gasteiger partial charge in [0.05, 0.1) is 24.4 Å². The van der Waals surface area contributed by atoms with Gasteiger partial charge >= 0.3 is 18.3 Å². The van der Waals surface area contributed by atoms with Crippen molar-refractivity contribution < 1.29 is 37.3 Å². The lowest BCUT2D eigenvalue weighted by Crippen LogP contribution is -2.45. The summed E-state index contributed by atoms with van der Waals surface area (Å²) in [6, 6.07) is 6.93. The van der Waals surface area contributed by atoms with E-state index >= 15 is 0 Å². The number of pyridine rings is 2. The van der Waals surface area contributed by atoms with E-state index in [4.69, 9.17) is 9.47 Å². The number of halogens is 3. The highest BCUT2D eigenvalue weighted by atomic mass is 19.4. The lowest BCUT2D eigenvalue weighted by atomic mass is 10.0. The third-order valence-corrected chi connectivity index (χ3v) is 5.58. The maximum absolute atomic E-state index is 13.4. The zero-order chi connectivity index (χ0) is 25.2. The Morgan fingerprint density at radius 3 is 2.74 bits per heavy atom. The van der Waals surface area contributed by atoms with Gasteiger partial charge in [-0.1, -0.05) is 24.3 Å². The van der Waals surface area contributed by atoms with E-state index in [-0.39, 0.29) is 24.5 Å². The van der Waals surface area contributed by atoms with Gasteiger partial charge < -0.3 is 19.9 Å². The van der Waals surface area contributed by atoms with Crippen LogP contribution in [0.4, 0.5) is 22.8 Å². The van der Waals surface area contributed by atoms with Gasteiger partial charge in [-0.3, -0.25) is 4.98 Å². The van der Waals surface area contributed by atoms with Crippen LogP contribution < -0.4 is 10.1 Å². The molecule has 12 heteroatoms. The van der Waals surface area contributed by atoms with Crippen LogP contribution in [-0.2, 0) is 17.5 Å². The van der Waals surface area contributed by atoms with Crippen LogP contribution in [0.3, 0.4) is 0 Å². The number of nitrogens with one attached hydrogen (secondary N) is 1. The van der Waals surface area contributed by atoms with Crippen LogP contribution in [0.15, 0.2) is 48.8 Å². The number of cyclic esters (lactones) is 1. The number of hydrogen-bond donors (Lipinski definition) is 2. The lowest BCUT2D eigenvalue weighted by molar-refractivity contribution is -0.137. The van der Waals surface area contributed by atoms with Gasteiger partial charge in [0.2, 0.25) is 5.88 Å². The number of aliphatic hydroxyl groups excluding tert-OH is 1. The van der Waals surface area contributed by atoms with Crippen molar-refractivity contribution in [3.8, 4) is 5.88 Å². The molecule has 1 saturated heterocycles. The van der Waals surface area contributed by atoms with Crippen molar-refractivity contribution in [2.24, 2.45) is 0 Å². The first kappa shape index (κ1) is 24.2. The van der Waals surface area contributed by atoms with E-state index < -0.39 is 42.6 Å². The second-order valence-corrected chi connectivity index (χ2v) is 7.75. The SMILES string of the molecule is COc1cc(C(F)(F)F)cc([C@H]2OC(=O)N(C(=O)NCc3cncc4ccccc34)[C@H]2CCO)n1. The Balaban J connectivity index is 1.59. The minimum Gasteiger partial charge on any atom is -0.481 e. The van der Waals surface area contributed by atoms with Crippen LogP contribution in [-0.4, -0.2) is 51.9 Å². The van der Waals surface area contributed by atoms with Crippen molar-refractivity contribution >= 4 is 22.9 Å². The Morgan fingerprint density at radius 2 is 2.03 bits per heavy atom. The van der Waals surface area contributed by atoms with Crippen molar-refractivity contribution in [2.45, 2.75) is 31.3 Å². The molecule has 0 unspecified atom stereocenters. The molecule has 1 aliphatic rings. The number of ether oxygens (including phenoxy) is 2. The van der Waals surface area contributed by atoms with Crippen molar-refractivity contribution in [1.29, 1.82) is 0 Å². The Labute approximate surface area is 197 Å². The van der Waals surface area contributed by atoms with E-state index in [1.54, 1.807) is 12.4 Å². The number of methoxy groups -OCH3 is 1. The number of urea groups is 1. The fourth-order valence-electron chi connectivity index (χ4n) is 3.93. The first-order chi connectivity index (χ1) is 16.7. The Kier molecular flexibility index (Phi) is 6.74. The number of aliphatic hydroxyl groups is 1. The molecule has 1 aromatic carbocycles. The summed E-state index contributed by atoms with van der Waals surface area (Å²) in [5.74, 6) is -0.333. The minimum absolute atomic E-state index is 0.0309. The third-order valence-electron chi connectivity index (χ3n) is 5.58. The predicted molar refractivity (Wildman–Crippen MR) is 116 cm³/mol. The predicted octanol–water partition coefficient (Wildman–Crippen LogP) is 3.81. The molecule has 1 aliphatic heterocycles. The molecule has 0 bridgehead atoms. The second kappa shape index (κ2) is 9.74. The molecule has 2 aromatic heterocycles. The summed E-state index contributed by atoms with van der Waals surface area (Å²) in [5, 5.41) is 13.9. The molecule has 0 saturated carbocycles. The van der Waals surface area contributed by atoms with Crippen molar-refractivity contribution in [3.05, 3.63) is 65.6 Å². The molecule has 2 atom stereocenters. The number of amides is 3. The molecule has 0 spiro atoms. The van der Waals surface area contributed by atoms with E-state index in [0.29, 0.717) is 11.6 Å². The smallest absolute Gasteiger partial charge is 0.419 e. The van der Waals surface area contributed by atoms with Crippen LogP contribution >= 0.6 is 0 Å². The third kappa shape index (κ3) is 4.97. The topological polar surface area (TPSA) is 114 Å². The van der Waals surface area contributed by atoms with Gasteiger partial charge in [-0.2, -0.15) is 13.2 Å². The molecule has 35 heavy (non-hydrogen) atoms. The highest BCUT2D eigenvalue weighted by Gasteiger charge is 2.47. The first-order valence-electron chi connectivity index (χ1n) is 10.6. The number of carbonyl (C=O) groups is 2. The maximum Gasteiger partial charge on any atom is 0.419 e. The molecule has 3 heterocycles. The van der Waals surface area contributed by atoms with Gasteiger partial charge in [0.15, 0.2) is 6.10 Å². The number of carbonyl (C=O) groups excluding carboxylic acids is 2. The van der Waals surface area contributed by atoms with Gasteiger partial charge in [0, 0.05) is 37.0 Å². The average molecular weight is 490 g/mol. The summed E-state index contributed by atoms with van der Waals surface area (Å²) in [4.78, 5) is 34.4. The first-order valence-corrected chi connectivity index (χ1v) is 10.6. The summed E-state index contributed by atoms with van der Waals surface area (Å²) >= 11 is 0. The van der Waals surface area contributed by atoms with Crippen LogP contribution in [0, 0.1) is 0 Å². The largest absolute Gasteiger partial charge is 0.481 e. The fraction of sp³-hybridized carbons (Fsp3) is 0.304. The van der Waals surface area contributed by atoms with E-state index in [1.807, 2.05) is 24.3 Å². The quantitative estimate of drug-likeness (QED) is 0.540. The Hall–Kier alpha value is -3.93. The number of nitrogens with zero attached hydrogens (tertiary/aromatic N) is 3. The van der Waals surface area contributed by atoms with Crippen molar-refractivity contribution in [2.75, 3.05) is 13.7 Å². The van der Waals surface area contributed by atoms with Crippen molar-refractivity contribution in [3.63, 3.8) is 0 Å². The molecular weight excluding hydrogens is 469 g/mol. The van der Waals surface area contributed by atoms with Gasteiger partial charge in [-0.15, -0.1) is 0 Å². The highest BCUT2D eigenvalue weighted by molar-refractivity contribution is 5.93. The summed E-state index contributed by atoms with van der Waals surface area (Å²) in [6.45, 7) is -0.423. The molecule has 184 valence electrons. The van der Waals surface area contributed by atoms with E-state index in [2.05, 4.69) is 15.3 Å². The zero-order valence-corrected chi connectivity index (χ0v) is 18.5. The molecular formula is C23H21F3N4O5. The number of alkyl halides is 3. The molecule has 0 aliphatic carbocycles. The second-order valence-electron chi connectivity index (χ2n) is 7.75. The van der Waals surface area contributed by atoms with E-state index in [1.165, 1.54) is 0 Å². The number of aromatic nitrogens is 2. The van der Waals surface area contributed by atoms with Gasteiger partial charge in [0.25, 0.3) is 0 Å². The summed E-state index contributed by atoms with van der Waals surface area (Å²) in [7, 11) is 1.15. The molecule has 3 aromatic rings. The van der Waals surface area contributed by atoms with Gasteiger partial charge in [0.1, 0.15) is 0 Å². The molecule has 1 fully saturated rings. The summed E-state index contributed by atoms with van der Waals surface area (Å²) in [5.41, 5.74) is -0.606. The monoisotopic (exact) mass is 490 g/mol. The number of imide groups is 1. The molecule has 3 amide bonds. The van der Waals surface area contributed by atoms with Crippen LogP contribution in [0.2, 0.25) is 0 Å². The molecule has 2 N–H and O–H groups in total. The normalized spacial score (nSPS) is 18.0. The minimum atomic E-state index is -4.70. The fourth-order valence-corrected chi connectivity index (χ4v) is 3.93. The average Bonchev–Trinajstić information content (AvgIpc) is 3.17. The number of benzene rings is 1.